The van der Waals surface area contributed by atoms with E-state index in [1.807, 2.05) is 0 Å². The average molecular weight is 208 g/mol. The van der Waals surface area contributed by atoms with Crippen molar-refractivity contribution in [3.8, 4) is 0 Å². The van der Waals surface area contributed by atoms with E-state index in [9.17, 15) is 0 Å². The van der Waals surface area contributed by atoms with Crippen LogP contribution < -0.4 is 5.43 Å². The van der Waals surface area contributed by atoms with Gasteiger partial charge in [0, 0.05) is 25.5 Å². The van der Waals surface area contributed by atoms with Crippen LogP contribution in [0.2, 0.25) is 0 Å². The van der Waals surface area contributed by atoms with Gasteiger partial charge in [-0.05, 0) is 6.92 Å². The van der Waals surface area contributed by atoms with Gasteiger partial charge in [-0.25, -0.2) is 10.4 Å². The molecule has 5 nitrogen and oxygen atoms in total. The lowest BCUT2D eigenvalue weighted by atomic mass is 10.2. The molecule has 0 aromatic carbocycles. The van der Waals surface area contributed by atoms with Gasteiger partial charge in [-0.3, -0.25) is 9.97 Å². The third kappa shape index (κ3) is 2.95. The molecule has 5 heteroatoms. The molecule has 1 unspecified atom stereocenters. The van der Waals surface area contributed by atoms with Crippen LogP contribution in [-0.2, 0) is 4.74 Å². The number of ether oxygens (including phenoxy) is 1. The van der Waals surface area contributed by atoms with Crippen molar-refractivity contribution < 1.29 is 4.74 Å². The highest BCUT2D eigenvalue weighted by molar-refractivity contribution is 5.00. The fourth-order valence-electron chi connectivity index (χ4n) is 1.57. The van der Waals surface area contributed by atoms with Crippen LogP contribution in [0.3, 0.4) is 0 Å². The number of hydrogen-bond donors (Lipinski definition) is 1. The van der Waals surface area contributed by atoms with E-state index in [2.05, 4.69) is 27.3 Å². The zero-order chi connectivity index (χ0) is 10.5. The summed E-state index contributed by atoms with van der Waals surface area (Å²) < 4.78 is 5.28. The van der Waals surface area contributed by atoms with Crippen molar-refractivity contribution >= 4 is 0 Å². The lowest BCUT2D eigenvalue weighted by molar-refractivity contribution is 0.00450. The molecule has 0 radical (unpaired) electrons. The summed E-state index contributed by atoms with van der Waals surface area (Å²) in [6.07, 6.45) is 5.19. The van der Waals surface area contributed by atoms with E-state index >= 15 is 0 Å². The minimum absolute atomic E-state index is 0.191. The number of hydrogen-bond acceptors (Lipinski definition) is 5. The summed E-state index contributed by atoms with van der Waals surface area (Å²) in [6, 6.07) is 0.191. The molecule has 1 aliphatic heterocycles. The van der Waals surface area contributed by atoms with Gasteiger partial charge in [0.15, 0.2) is 0 Å². The van der Waals surface area contributed by atoms with Gasteiger partial charge in [-0.2, -0.15) is 0 Å². The molecule has 0 spiro atoms. The molecule has 1 saturated heterocycles. The lowest BCUT2D eigenvalue weighted by Gasteiger charge is -2.29. The molecule has 1 aromatic rings. The van der Waals surface area contributed by atoms with Crippen molar-refractivity contribution in [3.63, 3.8) is 0 Å². The molecule has 1 aromatic heterocycles. The Morgan fingerprint density at radius 3 is 2.87 bits per heavy atom. The van der Waals surface area contributed by atoms with Crippen molar-refractivity contribution in [1.82, 2.24) is 20.4 Å². The van der Waals surface area contributed by atoms with Crippen LogP contribution >= 0.6 is 0 Å². The second-order valence-corrected chi connectivity index (χ2v) is 3.58. The molecule has 2 heterocycles. The topological polar surface area (TPSA) is 50.3 Å². The summed E-state index contributed by atoms with van der Waals surface area (Å²) in [5.41, 5.74) is 4.35. The van der Waals surface area contributed by atoms with E-state index in [1.54, 1.807) is 18.6 Å². The van der Waals surface area contributed by atoms with E-state index in [0.29, 0.717) is 0 Å². The van der Waals surface area contributed by atoms with Crippen LogP contribution in [0.15, 0.2) is 18.6 Å². The third-order valence-corrected chi connectivity index (χ3v) is 2.41. The van der Waals surface area contributed by atoms with Gasteiger partial charge in [-0.15, -0.1) is 0 Å². The van der Waals surface area contributed by atoms with Gasteiger partial charge in [0.05, 0.1) is 31.1 Å². The van der Waals surface area contributed by atoms with E-state index in [0.717, 1.165) is 32.0 Å². The molecule has 0 aliphatic carbocycles. The molecule has 0 saturated carbocycles. The number of aromatic nitrogens is 2. The van der Waals surface area contributed by atoms with Crippen LogP contribution in [0.1, 0.15) is 18.7 Å². The third-order valence-electron chi connectivity index (χ3n) is 2.41. The van der Waals surface area contributed by atoms with Gasteiger partial charge in [0.1, 0.15) is 0 Å². The zero-order valence-electron chi connectivity index (χ0n) is 8.89. The first-order valence-corrected chi connectivity index (χ1v) is 5.21. The normalized spacial score (nSPS) is 20.1. The van der Waals surface area contributed by atoms with Gasteiger partial charge in [0.2, 0.25) is 0 Å². The summed E-state index contributed by atoms with van der Waals surface area (Å²) in [7, 11) is 0. The van der Waals surface area contributed by atoms with Crippen LogP contribution in [0.5, 0.6) is 0 Å². The number of hydrazine groups is 1. The monoisotopic (exact) mass is 208 g/mol. The Hall–Kier alpha value is -1.04. The minimum atomic E-state index is 0.191. The highest BCUT2D eigenvalue weighted by atomic mass is 16.5. The summed E-state index contributed by atoms with van der Waals surface area (Å²) in [5, 5.41) is 2.17. The fraction of sp³-hybridized carbons (Fsp3) is 0.600. The average Bonchev–Trinajstić information content (AvgIpc) is 2.31. The van der Waals surface area contributed by atoms with Crippen LogP contribution in [0.25, 0.3) is 0 Å². The maximum absolute atomic E-state index is 5.28. The van der Waals surface area contributed by atoms with Gasteiger partial charge < -0.3 is 4.74 Å². The molecule has 82 valence electrons. The second-order valence-electron chi connectivity index (χ2n) is 3.58. The van der Waals surface area contributed by atoms with E-state index in [4.69, 9.17) is 4.74 Å². The van der Waals surface area contributed by atoms with Crippen molar-refractivity contribution in [2.75, 3.05) is 26.3 Å². The molecule has 0 amide bonds. The van der Waals surface area contributed by atoms with E-state index in [1.165, 1.54) is 0 Å². The highest BCUT2D eigenvalue weighted by Crippen LogP contribution is 2.08. The number of nitrogens with zero attached hydrogens (tertiary/aromatic N) is 3. The maximum atomic E-state index is 5.28. The molecular formula is C10H16N4O. The Bertz CT molecular complexity index is 287. The predicted molar refractivity (Wildman–Crippen MR) is 56.0 cm³/mol. The van der Waals surface area contributed by atoms with Crippen LogP contribution in [-0.4, -0.2) is 41.3 Å². The van der Waals surface area contributed by atoms with Crippen LogP contribution in [0, 0.1) is 0 Å². The maximum Gasteiger partial charge on any atom is 0.0766 e. The molecule has 2 rings (SSSR count). The molecule has 1 N–H and O–H groups in total. The van der Waals surface area contributed by atoms with Gasteiger partial charge in [-0.1, -0.05) is 0 Å². The number of rotatable bonds is 3. The first-order valence-electron chi connectivity index (χ1n) is 5.21. The van der Waals surface area contributed by atoms with Crippen molar-refractivity contribution in [2.45, 2.75) is 13.0 Å². The number of nitrogens with one attached hydrogen (secondary N) is 1. The Kier molecular flexibility index (Phi) is 3.60. The summed E-state index contributed by atoms with van der Waals surface area (Å²) in [4.78, 5) is 8.31. The molecule has 1 aliphatic rings. The Balaban J connectivity index is 1.88. The molecular weight excluding hydrogens is 192 g/mol. The largest absolute Gasteiger partial charge is 0.379 e. The Morgan fingerprint density at radius 1 is 1.40 bits per heavy atom. The quantitative estimate of drug-likeness (QED) is 0.778. The van der Waals surface area contributed by atoms with Gasteiger partial charge in [0.25, 0.3) is 0 Å². The summed E-state index contributed by atoms with van der Waals surface area (Å²) >= 11 is 0. The summed E-state index contributed by atoms with van der Waals surface area (Å²) in [5.74, 6) is 0. The zero-order valence-corrected chi connectivity index (χ0v) is 8.89. The molecule has 1 fully saturated rings. The predicted octanol–water partition coefficient (Wildman–Crippen LogP) is 0.374. The van der Waals surface area contributed by atoms with Crippen molar-refractivity contribution in [3.05, 3.63) is 24.3 Å². The Labute approximate surface area is 89.4 Å². The smallest absolute Gasteiger partial charge is 0.0766 e. The molecule has 1 atom stereocenters. The first kappa shape index (κ1) is 10.5. The van der Waals surface area contributed by atoms with Gasteiger partial charge >= 0.3 is 0 Å². The van der Waals surface area contributed by atoms with Crippen molar-refractivity contribution in [1.29, 1.82) is 0 Å². The van der Waals surface area contributed by atoms with Crippen LogP contribution in [0.4, 0.5) is 0 Å². The van der Waals surface area contributed by atoms with E-state index < -0.39 is 0 Å². The minimum Gasteiger partial charge on any atom is -0.379 e. The number of morpholine rings is 1. The second kappa shape index (κ2) is 5.16. The SMILES string of the molecule is CC(NN1CCOCC1)c1cnccn1. The summed E-state index contributed by atoms with van der Waals surface area (Å²) in [6.45, 7) is 5.51. The van der Waals surface area contributed by atoms with Crippen molar-refractivity contribution in [2.24, 2.45) is 0 Å². The molecule has 0 bridgehead atoms. The van der Waals surface area contributed by atoms with E-state index in [-0.39, 0.29) is 6.04 Å². The lowest BCUT2D eigenvalue weighted by Crippen LogP contribution is -2.46. The first-order chi connectivity index (χ1) is 7.36. The fourth-order valence-corrected chi connectivity index (χ4v) is 1.57. The molecule has 15 heavy (non-hydrogen) atoms. The Morgan fingerprint density at radius 2 is 2.20 bits per heavy atom. The highest BCUT2D eigenvalue weighted by Gasteiger charge is 2.14. The standard InChI is InChI=1S/C10H16N4O/c1-9(10-8-11-2-3-12-10)13-14-4-6-15-7-5-14/h2-3,8-9,13H,4-7H2,1H3.